The van der Waals surface area contributed by atoms with E-state index in [0.717, 1.165) is 49.1 Å². The van der Waals surface area contributed by atoms with Crippen molar-refractivity contribution in [2.24, 2.45) is 11.8 Å². The van der Waals surface area contributed by atoms with Crippen LogP contribution in [0.5, 0.6) is 5.75 Å². The van der Waals surface area contributed by atoms with E-state index < -0.39 is 5.63 Å². The minimum atomic E-state index is -0.423. The molecule has 2 aromatic rings. The molecule has 30 heavy (non-hydrogen) atoms. The third-order valence-electron chi connectivity index (χ3n) is 6.11. The van der Waals surface area contributed by atoms with Crippen molar-refractivity contribution in [1.82, 2.24) is 4.90 Å². The van der Waals surface area contributed by atoms with Crippen LogP contribution in [0, 0.1) is 11.8 Å². The molecule has 0 radical (unpaired) electrons. The maximum absolute atomic E-state index is 13.2. The average Bonchev–Trinajstić information content (AvgIpc) is 2.71. The zero-order chi connectivity index (χ0) is 21.3. The van der Waals surface area contributed by atoms with Gasteiger partial charge in [0.05, 0.1) is 13.2 Å². The Morgan fingerprint density at radius 2 is 2.00 bits per heavy atom. The SMILES string of the molecule is CCCOc1ccc2oc(=O)c3c(c2c1)CCCN3C(=O)CN1CC(C)CC(C)C1. The van der Waals surface area contributed by atoms with Crippen molar-refractivity contribution >= 4 is 22.6 Å². The lowest BCUT2D eigenvalue weighted by molar-refractivity contribution is -0.120. The number of likely N-dealkylation sites (tertiary alicyclic amines) is 1. The minimum absolute atomic E-state index is 0.0118. The van der Waals surface area contributed by atoms with Crippen molar-refractivity contribution < 1.29 is 13.9 Å². The second kappa shape index (κ2) is 8.80. The van der Waals surface area contributed by atoms with Gasteiger partial charge in [-0.05, 0) is 61.3 Å². The van der Waals surface area contributed by atoms with Gasteiger partial charge in [-0.15, -0.1) is 0 Å². The lowest BCUT2D eigenvalue weighted by Crippen LogP contribution is -2.48. The molecule has 1 aromatic carbocycles. The molecule has 0 aliphatic carbocycles. The molecular formula is C24H32N2O4. The van der Waals surface area contributed by atoms with Gasteiger partial charge in [0.15, 0.2) is 0 Å². The van der Waals surface area contributed by atoms with Crippen LogP contribution in [0.25, 0.3) is 11.0 Å². The number of hydrogen-bond acceptors (Lipinski definition) is 5. The van der Waals surface area contributed by atoms with E-state index in [1.54, 1.807) is 11.0 Å². The van der Waals surface area contributed by atoms with Gasteiger partial charge in [0.1, 0.15) is 17.0 Å². The number of hydrogen-bond donors (Lipinski definition) is 0. The number of anilines is 1. The number of fused-ring (bicyclic) bond motifs is 3. The van der Waals surface area contributed by atoms with Crippen LogP contribution in [0.3, 0.4) is 0 Å². The normalized spacial score (nSPS) is 22.2. The Balaban J connectivity index is 1.64. The third-order valence-corrected chi connectivity index (χ3v) is 6.11. The number of piperidine rings is 1. The molecule has 4 rings (SSSR count). The molecule has 2 unspecified atom stereocenters. The van der Waals surface area contributed by atoms with E-state index in [-0.39, 0.29) is 5.91 Å². The maximum atomic E-state index is 13.2. The summed E-state index contributed by atoms with van der Waals surface area (Å²) in [5.41, 5.74) is 1.46. The monoisotopic (exact) mass is 412 g/mol. The first-order valence-electron chi connectivity index (χ1n) is 11.2. The van der Waals surface area contributed by atoms with E-state index in [0.29, 0.717) is 42.8 Å². The van der Waals surface area contributed by atoms with Gasteiger partial charge in [0.2, 0.25) is 5.91 Å². The molecule has 0 bridgehead atoms. The zero-order valence-electron chi connectivity index (χ0n) is 18.3. The predicted octanol–water partition coefficient (Wildman–Crippen LogP) is 3.84. The molecule has 6 heteroatoms. The summed E-state index contributed by atoms with van der Waals surface area (Å²) in [6, 6.07) is 5.56. The van der Waals surface area contributed by atoms with Crippen LogP contribution in [0.2, 0.25) is 0 Å². The van der Waals surface area contributed by atoms with Crippen molar-refractivity contribution in [2.45, 2.75) is 46.5 Å². The molecule has 0 N–H and O–H groups in total. The molecular weight excluding hydrogens is 380 g/mol. The summed E-state index contributed by atoms with van der Waals surface area (Å²) in [5.74, 6) is 1.93. The molecule has 1 aromatic heterocycles. The molecule has 2 aliphatic rings. The molecule has 1 amide bonds. The summed E-state index contributed by atoms with van der Waals surface area (Å²) in [5, 5.41) is 0.871. The largest absolute Gasteiger partial charge is 0.494 e. The van der Waals surface area contributed by atoms with E-state index in [2.05, 4.69) is 25.7 Å². The fraction of sp³-hybridized carbons (Fsp3) is 0.583. The minimum Gasteiger partial charge on any atom is -0.494 e. The highest BCUT2D eigenvalue weighted by atomic mass is 16.5. The van der Waals surface area contributed by atoms with Crippen LogP contribution in [0.15, 0.2) is 27.4 Å². The van der Waals surface area contributed by atoms with E-state index >= 15 is 0 Å². The molecule has 2 atom stereocenters. The summed E-state index contributed by atoms with van der Waals surface area (Å²) in [6.45, 7) is 9.96. The number of rotatable bonds is 5. The van der Waals surface area contributed by atoms with E-state index in [9.17, 15) is 9.59 Å². The Hall–Kier alpha value is -2.34. The van der Waals surface area contributed by atoms with Gasteiger partial charge >= 0.3 is 5.63 Å². The van der Waals surface area contributed by atoms with Gasteiger partial charge in [-0.3, -0.25) is 9.69 Å². The first kappa shape index (κ1) is 20.9. The number of benzene rings is 1. The van der Waals surface area contributed by atoms with Crippen molar-refractivity contribution in [1.29, 1.82) is 0 Å². The molecule has 3 heterocycles. The second-order valence-electron chi connectivity index (χ2n) is 9.01. The van der Waals surface area contributed by atoms with Gasteiger partial charge in [-0.1, -0.05) is 20.8 Å². The summed E-state index contributed by atoms with van der Waals surface area (Å²) in [4.78, 5) is 29.9. The number of carbonyl (C=O) groups excluding carboxylic acids is 1. The maximum Gasteiger partial charge on any atom is 0.360 e. The Bertz CT molecular complexity index is 973. The number of nitrogens with zero attached hydrogens (tertiary/aromatic N) is 2. The quantitative estimate of drug-likeness (QED) is 0.698. The van der Waals surface area contributed by atoms with E-state index in [1.165, 1.54) is 6.42 Å². The topological polar surface area (TPSA) is 63.0 Å². The smallest absolute Gasteiger partial charge is 0.360 e. The zero-order valence-corrected chi connectivity index (χ0v) is 18.3. The summed E-state index contributed by atoms with van der Waals surface area (Å²) < 4.78 is 11.4. The highest BCUT2D eigenvalue weighted by Gasteiger charge is 2.31. The van der Waals surface area contributed by atoms with Gasteiger partial charge < -0.3 is 14.1 Å². The lowest BCUT2D eigenvalue weighted by atomic mass is 9.92. The predicted molar refractivity (Wildman–Crippen MR) is 118 cm³/mol. The lowest BCUT2D eigenvalue weighted by Gasteiger charge is -2.36. The number of carbonyl (C=O) groups is 1. The van der Waals surface area contributed by atoms with Crippen LogP contribution in [0.1, 0.15) is 45.6 Å². The molecule has 1 fully saturated rings. The number of aryl methyl sites for hydroxylation is 1. The summed E-state index contributed by atoms with van der Waals surface area (Å²) in [7, 11) is 0. The highest BCUT2D eigenvalue weighted by Crippen LogP contribution is 2.33. The van der Waals surface area contributed by atoms with Crippen LogP contribution in [0.4, 0.5) is 5.69 Å². The Morgan fingerprint density at radius 1 is 1.23 bits per heavy atom. The molecule has 6 nitrogen and oxygen atoms in total. The average molecular weight is 413 g/mol. The third kappa shape index (κ3) is 4.24. The summed E-state index contributed by atoms with van der Waals surface area (Å²) in [6.07, 6.45) is 3.73. The van der Waals surface area contributed by atoms with Crippen LogP contribution in [-0.2, 0) is 11.2 Å². The Morgan fingerprint density at radius 3 is 2.73 bits per heavy atom. The summed E-state index contributed by atoms with van der Waals surface area (Å²) >= 11 is 0. The van der Waals surface area contributed by atoms with Crippen LogP contribution in [-0.4, -0.2) is 43.6 Å². The standard InChI is InChI=1S/C24H32N2O4/c1-4-10-29-18-7-8-21-20(12-18)19-6-5-9-26(23(19)24(28)30-21)22(27)15-25-13-16(2)11-17(3)14-25/h7-8,12,16-17H,4-6,9-11,13-15H2,1-3H3. The van der Waals surface area contributed by atoms with E-state index in [1.807, 2.05) is 12.1 Å². The Kier molecular flexibility index (Phi) is 6.14. The van der Waals surface area contributed by atoms with Gasteiger partial charge in [0.25, 0.3) is 0 Å². The first-order chi connectivity index (χ1) is 14.5. The molecule has 2 aliphatic heterocycles. The fourth-order valence-corrected chi connectivity index (χ4v) is 5.04. The van der Waals surface area contributed by atoms with Crippen molar-refractivity contribution in [2.75, 3.05) is 37.7 Å². The van der Waals surface area contributed by atoms with E-state index in [4.69, 9.17) is 9.15 Å². The molecule has 1 saturated heterocycles. The number of ether oxygens (including phenoxy) is 1. The second-order valence-corrected chi connectivity index (χ2v) is 9.01. The first-order valence-corrected chi connectivity index (χ1v) is 11.2. The number of amides is 1. The highest BCUT2D eigenvalue weighted by molar-refractivity contribution is 5.98. The van der Waals surface area contributed by atoms with Gasteiger partial charge in [0, 0.05) is 25.0 Å². The molecule has 0 spiro atoms. The van der Waals surface area contributed by atoms with Crippen molar-refractivity contribution in [3.8, 4) is 5.75 Å². The van der Waals surface area contributed by atoms with Gasteiger partial charge in [-0.2, -0.15) is 0 Å². The molecule has 0 saturated carbocycles. The van der Waals surface area contributed by atoms with Crippen LogP contribution >= 0.6 is 0 Å². The van der Waals surface area contributed by atoms with Crippen molar-refractivity contribution in [3.05, 3.63) is 34.2 Å². The Labute approximate surface area is 177 Å². The molecule has 162 valence electrons. The van der Waals surface area contributed by atoms with Crippen molar-refractivity contribution in [3.63, 3.8) is 0 Å². The fourth-order valence-electron chi connectivity index (χ4n) is 5.04. The van der Waals surface area contributed by atoms with Gasteiger partial charge in [-0.25, -0.2) is 4.79 Å². The van der Waals surface area contributed by atoms with Crippen LogP contribution < -0.4 is 15.3 Å².